The molecule has 0 heterocycles. The van der Waals surface area contributed by atoms with Gasteiger partial charge in [-0.3, -0.25) is 0 Å². The second kappa shape index (κ2) is 7.58. The number of hydrogen-bond acceptors (Lipinski definition) is 4. The highest BCUT2D eigenvalue weighted by Gasteiger charge is 2.10. The zero-order valence-corrected chi connectivity index (χ0v) is 11.8. The van der Waals surface area contributed by atoms with Crippen LogP contribution in [-0.4, -0.2) is 26.0 Å². The fourth-order valence-electron chi connectivity index (χ4n) is 1.56. The van der Waals surface area contributed by atoms with Gasteiger partial charge in [-0.2, -0.15) is 0 Å². The standard InChI is InChI=1S/C13H22N2OS/c1-10(2)14-9-13(16-3)11-5-7-12(8-6-11)15-17-4/h5-8,10,13-15H,9H2,1-4H3. The van der Waals surface area contributed by atoms with Crippen LogP contribution in [0, 0.1) is 0 Å². The highest BCUT2D eigenvalue weighted by Crippen LogP contribution is 2.19. The van der Waals surface area contributed by atoms with Crippen molar-refractivity contribution in [1.82, 2.24) is 5.32 Å². The smallest absolute Gasteiger partial charge is 0.0945 e. The number of nitrogens with one attached hydrogen (secondary N) is 2. The van der Waals surface area contributed by atoms with E-state index in [2.05, 4.69) is 48.2 Å². The summed E-state index contributed by atoms with van der Waals surface area (Å²) in [5.41, 5.74) is 2.32. The SMILES string of the molecule is COC(CNC(C)C)c1ccc(NSC)cc1. The molecule has 1 unspecified atom stereocenters. The summed E-state index contributed by atoms with van der Waals surface area (Å²) in [7, 11) is 1.75. The molecule has 0 spiro atoms. The molecular formula is C13H22N2OS. The van der Waals surface area contributed by atoms with E-state index in [0.717, 1.165) is 12.2 Å². The van der Waals surface area contributed by atoms with Crippen molar-refractivity contribution in [2.24, 2.45) is 0 Å². The van der Waals surface area contributed by atoms with E-state index in [4.69, 9.17) is 4.74 Å². The third kappa shape index (κ3) is 4.98. The Hall–Kier alpha value is -0.710. The largest absolute Gasteiger partial charge is 0.375 e. The van der Waals surface area contributed by atoms with Crippen molar-refractivity contribution in [3.8, 4) is 0 Å². The normalized spacial score (nSPS) is 12.8. The van der Waals surface area contributed by atoms with Gasteiger partial charge >= 0.3 is 0 Å². The second-order valence-electron chi connectivity index (χ2n) is 4.22. The predicted octanol–water partition coefficient (Wildman–Crippen LogP) is 3.06. The Kier molecular flexibility index (Phi) is 6.40. The molecule has 0 radical (unpaired) electrons. The second-order valence-corrected chi connectivity index (χ2v) is 4.83. The first-order chi connectivity index (χ1) is 8.17. The molecule has 0 aliphatic heterocycles. The van der Waals surface area contributed by atoms with Gasteiger partial charge in [0, 0.05) is 31.6 Å². The highest BCUT2D eigenvalue weighted by atomic mass is 32.2. The van der Waals surface area contributed by atoms with Gasteiger partial charge in [0.05, 0.1) is 6.10 Å². The molecule has 2 N–H and O–H groups in total. The van der Waals surface area contributed by atoms with Crippen LogP contribution in [0.15, 0.2) is 24.3 Å². The Morgan fingerprint density at radius 2 is 1.88 bits per heavy atom. The van der Waals surface area contributed by atoms with E-state index in [9.17, 15) is 0 Å². The Morgan fingerprint density at radius 3 is 2.35 bits per heavy atom. The molecule has 1 aromatic carbocycles. The van der Waals surface area contributed by atoms with Gasteiger partial charge in [0.25, 0.3) is 0 Å². The average Bonchev–Trinajstić information content (AvgIpc) is 2.32. The minimum atomic E-state index is 0.112. The lowest BCUT2D eigenvalue weighted by Crippen LogP contribution is -2.28. The molecule has 0 amide bonds. The van der Waals surface area contributed by atoms with Crippen LogP contribution < -0.4 is 10.0 Å². The average molecular weight is 254 g/mol. The van der Waals surface area contributed by atoms with Crippen molar-refractivity contribution >= 4 is 17.6 Å². The summed E-state index contributed by atoms with van der Waals surface area (Å²) in [6.45, 7) is 5.11. The van der Waals surface area contributed by atoms with E-state index < -0.39 is 0 Å². The van der Waals surface area contributed by atoms with E-state index in [-0.39, 0.29) is 6.10 Å². The van der Waals surface area contributed by atoms with Crippen LogP contribution in [0.2, 0.25) is 0 Å². The first kappa shape index (κ1) is 14.4. The van der Waals surface area contributed by atoms with E-state index in [1.807, 2.05) is 6.26 Å². The molecule has 1 rings (SSSR count). The quantitative estimate of drug-likeness (QED) is 0.733. The van der Waals surface area contributed by atoms with Crippen molar-refractivity contribution in [3.63, 3.8) is 0 Å². The summed E-state index contributed by atoms with van der Waals surface area (Å²) < 4.78 is 8.70. The van der Waals surface area contributed by atoms with Crippen LogP contribution >= 0.6 is 11.9 Å². The lowest BCUT2D eigenvalue weighted by Gasteiger charge is -2.18. The molecule has 3 nitrogen and oxygen atoms in total. The summed E-state index contributed by atoms with van der Waals surface area (Å²) in [4.78, 5) is 0. The maximum atomic E-state index is 5.50. The fourth-order valence-corrected chi connectivity index (χ4v) is 1.94. The molecule has 1 atom stereocenters. The Morgan fingerprint density at radius 1 is 1.24 bits per heavy atom. The van der Waals surface area contributed by atoms with Gasteiger partial charge in [-0.05, 0) is 17.7 Å². The first-order valence-electron chi connectivity index (χ1n) is 5.82. The third-order valence-corrected chi connectivity index (χ3v) is 2.94. The number of methoxy groups -OCH3 is 1. The molecule has 4 heteroatoms. The van der Waals surface area contributed by atoms with Crippen molar-refractivity contribution < 1.29 is 4.74 Å². The van der Waals surface area contributed by atoms with Gasteiger partial charge in [-0.15, -0.1) is 0 Å². The molecular weight excluding hydrogens is 232 g/mol. The fraction of sp³-hybridized carbons (Fsp3) is 0.538. The zero-order chi connectivity index (χ0) is 12.7. The van der Waals surface area contributed by atoms with Gasteiger partial charge in [-0.25, -0.2) is 0 Å². The van der Waals surface area contributed by atoms with E-state index in [0.29, 0.717) is 6.04 Å². The van der Waals surface area contributed by atoms with Crippen molar-refractivity contribution in [2.75, 3.05) is 24.6 Å². The predicted molar refractivity (Wildman–Crippen MR) is 76.5 cm³/mol. The molecule has 0 saturated heterocycles. The van der Waals surface area contributed by atoms with Gasteiger partial charge in [-0.1, -0.05) is 37.9 Å². The Labute approximate surface area is 108 Å². The molecule has 0 aliphatic rings. The molecule has 17 heavy (non-hydrogen) atoms. The summed E-state index contributed by atoms with van der Waals surface area (Å²) >= 11 is 1.60. The number of rotatable bonds is 7. The molecule has 0 aliphatic carbocycles. The number of hydrogen-bond donors (Lipinski definition) is 2. The van der Waals surface area contributed by atoms with Crippen LogP contribution in [0.3, 0.4) is 0 Å². The summed E-state index contributed by atoms with van der Waals surface area (Å²) in [6, 6.07) is 8.84. The van der Waals surface area contributed by atoms with Crippen LogP contribution in [0.1, 0.15) is 25.5 Å². The molecule has 0 fully saturated rings. The van der Waals surface area contributed by atoms with Gasteiger partial charge in [0.15, 0.2) is 0 Å². The van der Waals surface area contributed by atoms with E-state index in [1.165, 1.54) is 5.56 Å². The van der Waals surface area contributed by atoms with Crippen molar-refractivity contribution in [3.05, 3.63) is 29.8 Å². The van der Waals surface area contributed by atoms with Crippen molar-refractivity contribution in [2.45, 2.75) is 26.0 Å². The van der Waals surface area contributed by atoms with Gasteiger partial charge in [0.2, 0.25) is 0 Å². The highest BCUT2D eigenvalue weighted by molar-refractivity contribution is 7.99. The molecule has 1 aromatic rings. The van der Waals surface area contributed by atoms with E-state index in [1.54, 1.807) is 19.1 Å². The van der Waals surface area contributed by atoms with E-state index >= 15 is 0 Å². The summed E-state index contributed by atoms with van der Waals surface area (Å²) in [5.74, 6) is 0. The molecule has 96 valence electrons. The molecule has 0 saturated carbocycles. The Balaban J connectivity index is 2.61. The van der Waals surface area contributed by atoms with Crippen LogP contribution in [0.5, 0.6) is 0 Å². The number of benzene rings is 1. The van der Waals surface area contributed by atoms with Crippen molar-refractivity contribution in [1.29, 1.82) is 0 Å². The molecule has 0 bridgehead atoms. The maximum Gasteiger partial charge on any atom is 0.0945 e. The minimum absolute atomic E-state index is 0.112. The monoisotopic (exact) mass is 254 g/mol. The molecule has 0 aromatic heterocycles. The van der Waals surface area contributed by atoms with Gasteiger partial charge in [0.1, 0.15) is 0 Å². The minimum Gasteiger partial charge on any atom is -0.375 e. The third-order valence-electron chi connectivity index (χ3n) is 2.50. The lowest BCUT2D eigenvalue weighted by molar-refractivity contribution is 0.100. The first-order valence-corrected chi connectivity index (χ1v) is 7.05. The topological polar surface area (TPSA) is 33.3 Å². The zero-order valence-electron chi connectivity index (χ0n) is 11.0. The maximum absolute atomic E-state index is 5.50. The van der Waals surface area contributed by atoms with Crippen LogP contribution in [0.25, 0.3) is 0 Å². The van der Waals surface area contributed by atoms with Gasteiger partial charge < -0.3 is 14.8 Å². The van der Waals surface area contributed by atoms with Crippen LogP contribution in [0.4, 0.5) is 5.69 Å². The van der Waals surface area contributed by atoms with Crippen LogP contribution in [-0.2, 0) is 4.74 Å². The lowest BCUT2D eigenvalue weighted by atomic mass is 10.1. The Bertz CT molecular complexity index is 314. The summed E-state index contributed by atoms with van der Waals surface area (Å²) in [5, 5.41) is 3.39. The summed E-state index contributed by atoms with van der Waals surface area (Å²) in [6.07, 6.45) is 2.12. The number of anilines is 1. The number of ether oxygens (including phenoxy) is 1.